The second-order valence-electron chi connectivity index (χ2n) is 6.81. The Morgan fingerprint density at radius 2 is 1.75 bits per heavy atom. The first-order chi connectivity index (χ1) is 13.4. The summed E-state index contributed by atoms with van der Waals surface area (Å²) in [5.74, 6) is -1.21. The number of amides is 1. The molecule has 0 fully saturated rings. The molecule has 1 N–H and O–H groups in total. The summed E-state index contributed by atoms with van der Waals surface area (Å²) in [4.78, 5) is 26.3. The molecule has 0 spiro atoms. The minimum Gasteiger partial charge on any atom is -0.476 e. The smallest absolute Gasteiger partial charge is 0.356 e. The number of rotatable bonds is 3. The van der Waals surface area contributed by atoms with Gasteiger partial charge in [0.05, 0.1) is 17.9 Å². The average Bonchev–Trinajstić information content (AvgIpc) is 3.08. The lowest BCUT2D eigenvalue weighted by atomic mass is 10.0. The van der Waals surface area contributed by atoms with Crippen LogP contribution in [0.2, 0.25) is 5.02 Å². The molecule has 0 unspecified atom stereocenters. The van der Waals surface area contributed by atoms with Gasteiger partial charge in [0.2, 0.25) is 0 Å². The van der Waals surface area contributed by atoms with Crippen LogP contribution in [0.1, 0.15) is 37.7 Å². The second-order valence-corrected chi connectivity index (χ2v) is 7.25. The van der Waals surface area contributed by atoms with Crippen LogP contribution >= 0.6 is 11.6 Å². The number of aromatic carboxylic acids is 1. The highest BCUT2D eigenvalue weighted by Gasteiger charge is 2.30. The minimum absolute atomic E-state index is 0.0219. The predicted octanol–water partition coefficient (Wildman–Crippen LogP) is 3.73. The number of halogens is 1. The van der Waals surface area contributed by atoms with E-state index in [1.807, 2.05) is 19.1 Å². The maximum absolute atomic E-state index is 12.9. The molecule has 0 aliphatic carbocycles. The molecule has 1 aliphatic heterocycles. The first-order valence-corrected chi connectivity index (χ1v) is 9.28. The number of carbonyl (C=O) groups excluding carboxylic acids is 1. The molecule has 4 rings (SSSR count). The summed E-state index contributed by atoms with van der Waals surface area (Å²) in [6.07, 6.45) is 0.524. The molecule has 2 aromatic carbocycles. The molecule has 1 amide bonds. The average molecular weight is 396 g/mol. The van der Waals surface area contributed by atoms with Crippen LogP contribution in [0.25, 0.3) is 5.69 Å². The molecular formula is C21H18ClN3O3. The van der Waals surface area contributed by atoms with Gasteiger partial charge in [-0.3, -0.25) is 4.79 Å². The molecular weight excluding hydrogens is 378 g/mol. The van der Waals surface area contributed by atoms with Crippen LogP contribution in [0.3, 0.4) is 0 Å². The fraction of sp³-hybridized carbons (Fsp3) is 0.190. The maximum atomic E-state index is 12.9. The van der Waals surface area contributed by atoms with Crippen molar-refractivity contribution in [1.29, 1.82) is 0 Å². The van der Waals surface area contributed by atoms with Gasteiger partial charge in [-0.15, -0.1) is 0 Å². The van der Waals surface area contributed by atoms with Crippen molar-refractivity contribution in [2.24, 2.45) is 0 Å². The Morgan fingerprint density at radius 1 is 1.07 bits per heavy atom. The molecule has 6 nitrogen and oxygen atoms in total. The fourth-order valence-electron chi connectivity index (χ4n) is 3.44. The third-order valence-electron chi connectivity index (χ3n) is 4.92. The van der Waals surface area contributed by atoms with E-state index in [9.17, 15) is 14.7 Å². The zero-order valence-electron chi connectivity index (χ0n) is 15.2. The molecule has 1 aliphatic rings. The van der Waals surface area contributed by atoms with Gasteiger partial charge in [0, 0.05) is 29.1 Å². The SMILES string of the molecule is Cc1ccc(C(=O)N2CCc3c(c(C(=O)O)nn3-c3ccc(Cl)cc3)C2)cc1. The zero-order valence-corrected chi connectivity index (χ0v) is 16.0. The van der Waals surface area contributed by atoms with Crippen LogP contribution in [-0.4, -0.2) is 38.2 Å². The van der Waals surface area contributed by atoms with Gasteiger partial charge < -0.3 is 10.0 Å². The lowest BCUT2D eigenvalue weighted by molar-refractivity contribution is 0.0674. The van der Waals surface area contributed by atoms with Crippen LogP contribution in [0, 0.1) is 6.92 Å². The summed E-state index contributed by atoms with van der Waals surface area (Å²) in [5, 5.41) is 14.5. The fourth-order valence-corrected chi connectivity index (χ4v) is 3.56. The molecule has 0 saturated carbocycles. The zero-order chi connectivity index (χ0) is 19.8. The van der Waals surface area contributed by atoms with Crippen molar-refractivity contribution >= 4 is 23.5 Å². The van der Waals surface area contributed by atoms with Crippen molar-refractivity contribution in [3.63, 3.8) is 0 Å². The molecule has 0 bridgehead atoms. The maximum Gasteiger partial charge on any atom is 0.356 e. The normalized spacial score (nSPS) is 13.3. The van der Waals surface area contributed by atoms with E-state index in [0.29, 0.717) is 29.1 Å². The summed E-state index contributed by atoms with van der Waals surface area (Å²) in [7, 11) is 0. The summed E-state index contributed by atoms with van der Waals surface area (Å²) in [6.45, 7) is 2.68. The van der Waals surface area contributed by atoms with E-state index in [1.165, 1.54) is 0 Å². The second kappa shape index (κ2) is 7.13. The molecule has 0 radical (unpaired) electrons. The third-order valence-corrected chi connectivity index (χ3v) is 5.17. The van der Waals surface area contributed by atoms with Gasteiger partial charge >= 0.3 is 5.97 Å². The number of aromatic nitrogens is 2. The summed E-state index contributed by atoms with van der Waals surface area (Å²) in [5.41, 5.74) is 3.78. The highest BCUT2D eigenvalue weighted by Crippen LogP contribution is 2.27. The Balaban J connectivity index is 1.69. The molecule has 2 heterocycles. The number of fused-ring (bicyclic) bond motifs is 1. The standard InChI is InChI=1S/C21H18ClN3O3/c1-13-2-4-14(5-3-13)20(26)24-11-10-18-17(12-24)19(21(27)28)23-25(18)16-8-6-15(22)7-9-16/h2-9H,10-12H2,1H3,(H,27,28). The topological polar surface area (TPSA) is 75.4 Å². The summed E-state index contributed by atoms with van der Waals surface area (Å²) in [6, 6.07) is 14.4. The highest BCUT2D eigenvalue weighted by molar-refractivity contribution is 6.30. The van der Waals surface area contributed by atoms with E-state index >= 15 is 0 Å². The molecule has 7 heteroatoms. The number of benzene rings is 2. The van der Waals surface area contributed by atoms with Crippen molar-refractivity contribution < 1.29 is 14.7 Å². The molecule has 142 valence electrons. The Hall–Kier alpha value is -3.12. The van der Waals surface area contributed by atoms with Crippen LogP contribution in [0.5, 0.6) is 0 Å². The summed E-state index contributed by atoms with van der Waals surface area (Å²) < 4.78 is 1.64. The Labute approximate surface area is 167 Å². The number of carbonyl (C=O) groups is 2. The van der Waals surface area contributed by atoms with E-state index < -0.39 is 5.97 Å². The Morgan fingerprint density at radius 3 is 2.39 bits per heavy atom. The van der Waals surface area contributed by atoms with E-state index in [2.05, 4.69) is 5.10 Å². The number of carboxylic acids is 1. The Bertz CT molecular complexity index is 1060. The van der Waals surface area contributed by atoms with Crippen molar-refractivity contribution in [2.45, 2.75) is 19.9 Å². The van der Waals surface area contributed by atoms with Crippen LogP contribution < -0.4 is 0 Å². The highest BCUT2D eigenvalue weighted by atomic mass is 35.5. The molecule has 0 saturated heterocycles. The van der Waals surface area contributed by atoms with Gasteiger partial charge in [0.25, 0.3) is 5.91 Å². The van der Waals surface area contributed by atoms with Gasteiger partial charge in [-0.1, -0.05) is 29.3 Å². The number of nitrogens with zero attached hydrogens (tertiary/aromatic N) is 3. The number of carboxylic acid groups (broad SMARTS) is 1. The monoisotopic (exact) mass is 395 g/mol. The van der Waals surface area contributed by atoms with Crippen LogP contribution in [0.15, 0.2) is 48.5 Å². The van der Waals surface area contributed by atoms with E-state index in [-0.39, 0.29) is 18.1 Å². The van der Waals surface area contributed by atoms with Crippen LogP contribution in [-0.2, 0) is 13.0 Å². The number of hydrogen-bond donors (Lipinski definition) is 1. The minimum atomic E-state index is -1.10. The summed E-state index contributed by atoms with van der Waals surface area (Å²) >= 11 is 5.95. The molecule has 0 atom stereocenters. The van der Waals surface area contributed by atoms with E-state index in [0.717, 1.165) is 16.9 Å². The van der Waals surface area contributed by atoms with Crippen molar-refractivity contribution in [1.82, 2.24) is 14.7 Å². The first-order valence-electron chi connectivity index (χ1n) is 8.90. The van der Waals surface area contributed by atoms with E-state index in [4.69, 9.17) is 11.6 Å². The molecule has 28 heavy (non-hydrogen) atoms. The molecule has 1 aromatic heterocycles. The predicted molar refractivity (Wildman–Crippen MR) is 105 cm³/mol. The van der Waals surface area contributed by atoms with Crippen molar-refractivity contribution in [3.8, 4) is 5.69 Å². The van der Waals surface area contributed by atoms with Gasteiger partial charge in [0.1, 0.15) is 0 Å². The van der Waals surface area contributed by atoms with Crippen molar-refractivity contribution in [2.75, 3.05) is 6.54 Å². The number of hydrogen-bond acceptors (Lipinski definition) is 3. The van der Waals surface area contributed by atoms with E-state index in [1.54, 1.807) is 46.0 Å². The lowest BCUT2D eigenvalue weighted by Crippen LogP contribution is -2.36. The van der Waals surface area contributed by atoms with Crippen LogP contribution in [0.4, 0.5) is 0 Å². The third kappa shape index (κ3) is 3.27. The van der Waals surface area contributed by atoms with Gasteiger partial charge in [-0.05, 0) is 43.3 Å². The molecule has 3 aromatic rings. The lowest BCUT2D eigenvalue weighted by Gasteiger charge is -2.28. The van der Waals surface area contributed by atoms with Gasteiger partial charge in [-0.2, -0.15) is 5.10 Å². The number of aryl methyl sites for hydroxylation is 1. The Kier molecular flexibility index (Phi) is 4.65. The largest absolute Gasteiger partial charge is 0.476 e. The first kappa shape index (κ1) is 18.3. The van der Waals surface area contributed by atoms with Crippen molar-refractivity contribution in [3.05, 3.63) is 81.6 Å². The van der Waals surface area contributed by atoms with Gasteiger partial charge in [-0.25, -0.2) is 9.48 Å². The van der Waals surface area contributed by atoms with Gasteiger partial charge in [0.15, 0.2) is 5.69 Å². The quantitative estimate of drug-likeness (QED) is 0.733.